The van der Waals surface area contributed by atoms with E-state index < -0.39 is 12.1 Å². The van der Waals surface area contributed by atoms with Gasteiger partial charge in [0.15, 0.2) is 0 Å². The van der Waals surface area contributed by atoms with Crippen molar-refractivity contribution in [2.24, 2.45) is 0 Å². The Hall–Kier alpha value is -2.34. The predicted molar refractivity (Wildman–Crippen MR) is 68.5 cm³/mol. The lowest BCUT2D eigenvalue weighted by molar-refractivity contribution is -0.138. The molecule has 0 unspecified atom stereocenters. The minimum absolute atomic E-state index is 0.0926. The normalized spacial score (nSPS) is 10.2. The molecule has 1 amide bonds. The number of hydrogen-bond acceptors (Lipinski definition) is 5. The SMILES string of the molecule is COCC(=O)Oc1ccc(C=CNC(=O)OC)cc1. The number of rotatable bonds is 5. The highest BCUT2D eigenvalue weighted by atomic mass is 16.6. The zero-order valence-electron chi connectivity index (χ0n) is 10.7. The Morgan fingerprint density at radius 1 is 1.21 bits per heavy atom. The minimum atomic E-state index is -0.540. The maximum absolute atomic E-state index is 11.2. The van der Waals surface area contributed by atoms with Gasteiger partial charge in [0, 0.05) is 13.3 Å². The van der Waals surface area contributed by atoms with E-state index in [9.17, 15) is 9.59 Å². The van der Waals surface area contributed by atoms with Crippen molar-refractivity contribution < 1.29 is 23.8 Å². The second-order valence-corrected chi connectivity index (χ2v) is 3.45. The molecule has 0 radical (unpaired) electrons. The highest BCUT2D eigenvalue weighted by Gasteiger charge is 2.03. The molecule has 6 nitrogen and oxygen atoms in total. The van der Waals surface area contributed by atoms with Crippen molar-refractivity contribution in [2.45, 2.75) is 0 Å². The first-order chi connectivity index (χ1) is 9.15. The topological polar surface area (TPSA) is 73.9 Å². The van der Waals surface area contributed by atoms with Gasteiger partial charge in [-0.1, -0.05) is 12.1 Å². The number of hydrogen-bond donors (Lipinski definition) is 1. The summed E-state index contributed by atoms with van der Waals surface area (Å²) in [6, 6.07) is 6.77. The van der Waals surface area contributed by atoms with Crippen LogP contribution in [-0.4, -0.2) is 32.9 Å². The third-order valence-electron chi connectivity index (χ3n) is 2.04. The van der Waals surface area contributed by atoms with E-state index in [2.05, 4.69) is 14.8 Å². The van der Waals surface area contributed by atoms with Crippen molar-refractivity contribution in [1.29, 1.82) is 0 Å². The second-order valence-electron chi connectivity index (χ2n) is 3.45. The molecule has 102 valence electrons. The number of carbonyl (C=O) groups is 2. The van der Waals surface area contributed by atoms with Crippen molar-refractivity contribution >= 4 is 18.1 Å². The van der Waals surface area contributed by atoms with Crippen LogP contribution in [0.5, 0.6) is 5.75 Å². The number of ether oxygens (including phenoxy) is 3. The van der Waals surface area contributed by atoms with Gasteiger partial charge in [-0.3, -0.25) is 5.32 Å². The van der Waals surface area contributed by atoms with Gasteiger partial charge in [0.05, 0.1) is 7.11 Å². The van der Waals surface area contributed by atoms with E-state index in [1.807, 2.05) is 0 Å². The Morgan fingerprint density at radius 3 is 2.47 bits per heavy atom. The van der Waals surface area contributed by atoms with Gasteiger partial charge in [0.1, 0.15) is 12.4 Å². The molecule has 1 rings (SSSR count). The molecule has 6 heteroatoms. The number of nitrogens with one attached hydrogen (secondary N) is 1. The van der Waals surface area contributed by atoms with Crippen LogP contribution in [0.3, 0.4) is 0 Å². The zero-order chi connectivity index (χ0) is 14.1. The summed E-state index contributed by atoms with van der Waals surface area (Å²) in [5.41, 5.74) is 0.836. The molecule has 0 saturated carbocycles. The third kappa shape index (κ3) is 5.69. The molecule has 0 aromatic heterocycles. The summed E-state index contributed by atoms with van der Waals surface area (Å²) >= 11 is 0. The van der Waals surface area contributed by atoms with Crippen molar-refractivity contribution in [3.8, 4) is 5.75 Å². The summed E-state index contributed by atoms with van der Waals surface area (Å²) in [5, 5.41) is 2.40. The minimum Gasteiger partial charge on any atom is -0.453 e. The molecule has 0 fully saturated rings. The van der Waals surface area contributed by atoms with Crippen LogP contribution in [0.4, 0.5) is 4.79 Å². The predicted octanol–water partition coefficient (Wildman–Crippen LogP) is 1.57. The third-order valence-corrected chi connectivity index (χ3v) is 2.04. The van der Waals surface area contributed by atoms with Gasteiger partial charge >= 0.3 is 12.1 Å². The summed E-state index contributed by atoms with van der Waals surface area (Å²) in [4.78, 5) is 21.9. The van der Waals surface area contributed by atoms with Crippen molar-refractivity contribution in [1.82, 2.24) is 5.32 Å². The van der Waals surface area contributed by atoms with Crippen LogP contribution in [0.15, 0.2) is 30.5 Å². The first-order valence-corrected chi connectivity index (χ1v) is 5.46. The second kappa shape index (κ2) is 7.88. The van der Waals surface area contributed by atoms with Gasteiger partial charge in [-0.05, 0) is 23.8 Å². The van der Waals surface area contributed by atoms with E-state index in [4.69, 9.17) is 4.74 Å². The Bertz CT molecular complexity index is 453. The molecule has 0 aliphatic heterocycles. The highest BCUT2D eigenvalue weighted by Crippen LogP contribution is 2.13. The quantitative estimate of drug-likeness (QED) is 0.646. The van der Waals surface area contributed by atoms with Crippen LogP contribution < -0.4 is 10.1 Å². The maximum atomic E-state index is 11.2. The molecule has 0 atom stereocenters. The molecular formula is C13H15NO5. The van der Waals surface area contributed by atoms with Crippen LogP contribution in [0.2, 0.25) is 0 Å². The molecule has 0 spiro atoms. The first kappa shape index (κ1) is 14.7. The number of benzene rings is 1. The zero-order valence-corrected chi connectivity index (χ0v) is 10.7. The lowest BCUT2D eigenvalue weighted by atomic mass is 10.2. The number of esters is 1. The van der Waals surface area contributed by atoms with Gasteiger partial charge in [0.2, 0.25) is 0 Å². The van der Waals surface area contributed by atoms with Crippen LogP contribution >= 0.6 is 0 Å². The number of carbonyl (C=O) groups excluding carboxylic acids is 2. The lowest BCUT2D eigenvalue weighted by Gasteiger charge is -2.03. The standard InChI is InChI=1S/C13H15NO5/c1-17-9-12(15)19-11-5-3-10(4-6-11)7-8-14-13(16)18-2/h3-8H,9H2,1-2H3,(H,14,16). The van der Waals surface area contributed by atoms with E-state index in [0.717, 1.165) is 5.56 Å². The molecular weight excluding hydrogens is 250 g/mol. The van der Waals surface area contributed by atoms with E-state index >= 15 is 0 Å². The maximum Gasteiger partial charge on any atom is 0.410 e. The average molecular weight is 265 g/mol. The Morgan fingerprint density at radius 2 is 1.89 bits per heavy atom. The van der Waals surface area contributed by atoms with Crippen LogP contribution in [-0.2, 0) is 14.3 Å². The van der Waals surface area contributed by atoms with Crippen molar-refractivity contribution in [3.05, 3.63) is 36.0 Å². The summed E-state index contributed by atoms with van der Waals surface area (Å²) in [6.45, 7) is -0.0926. The lowest BCUT2D eigenvalue weighted by Crippen LogP contribution is -2.15. The number of amides is 1. The molecule has 0 aliphatic carbocycles. The summed E-state index contributed by atoms with van der Waals surface area (Å²) in [5.74, 6) is -0.0294. The fourth-order valence-electron chi connectivity index (χ4n) is 1.19. The molecule has 0 aliphatic rings. The fraction of sp³-hybridized carbons (Fsp3) is 0.231. The fourth-order valence-corrected chi connectivity index (χ4v) is 1.19. The van der Waals surface area contributed by atoms with Gasteiger partial charge in [0.25, 0.3) is 0 Å². The summed E-state index contributed by atoms with van der Waals surface area (Å²) in [7, 11) is 2.70. The Balaban J connectivity index is 2.52. The monoisotopic (exact) mass is 265 g/mol. The molecule has 0 saturated heterocycles. The van der Waals surface area contributed by atoms with E-state index in [1.54, 1.807) is 30.3 Å². The van der Waals surface area contributed by atoms with Crippen LogP contribution in [0, 0.1) is 0 Å². The summed E-state index contributed by atoms with van der Waals surface area (Å²) in [6.07, 6.45) is 2.59. The largest absolute Gasteiger partial charge is 0.453 e. The Labute approximate surface area is 111 Å². The Kier molecular flexibility index (Phi) is 6.11. The van der Waals surface area contributed by atoms with Gasteiger partial charge in [-0.25, -0.2) is 9.59 Å². The van der Waals surface area contributed by atoms with Crippen molar-refractivity contribution in [3.63, 3.8) is 0 Å². The van der Waals surface area contributed by atoms with E-state index in [1.165, 1.54) is 20.4 Å². The van der Waals surface area contributed by atoms with E-state index in [0.29, 0.717) is 5.75 Å². The summed E-state index contributed by atoms with van der Waals surface area (Å²) < 4.78 is 14.0. The molecule has 1 aromatic rings. The highest BCUT2D eigenvalue weighted by molar-refractivity contribution is 5.73. The molecule has 0 heterocycles. The molecule has 1 aromatic carbocycles. The van der Waals surface area contributed by atoms with Gasteiger partial charge in [-0.2, -0.15) is 0 Å². The van der Waals surface area contributed by atoms with Gasteiger partial charge in [-0.15, -0.1) is 0 Å². The van der Waals surface area contributed by atoms with Crippen LogP contribution in [0.25, 0.3) is 6.08 Å². The molecule has 0 bridgehead atoms. The first-order valence-electron chi connectivity index (χ1n) is 5.46. The van der Waals surface area contributed by atoms with Crippen molar-refractivity contribution in [2.75, 3.05) is 20.8 Å². The average Bonchev–Trinajstić information content (AvgIpc) is 2.41. The van der Waals surface area contributed by atoms with Gasteiger partial charge < -0.3 is 14.2 Å². The number of alkyl carbamates (subject to hydrolysis) is 1. The van der Waals surface area contributed by atoms with E-state index in [-0.39, 0.29) is 6.61 Å². The molecule has 19 heavy (non-hydrogen) atoms. The smallest absolute Gasteiger partial charge is 0.410 e. The number of methoxy groups -OCH3 is 2. The van der Waals surface area contributed by atoms with Crippen LogP contribution in [0.1, 0.15) is 5.56 Å². The molecule has 1 N–H and O–H groups in total.